The van der Waals surface area contributed by atoms with Crippen molar-refractivity contribution in [2.24, 2.45) is 11.7 Å². The van der Waals surface area contributed by atoms with E-state index >= 15 is 0 Å². The summed E-state index contributed by atoms with van der Waals surface area (Å²) in [7, 11) is 0. The predicted molar refractivity (Wildman–Crippen MR) is 71.1 cm³/mol. The van der Waals surface area contributed by atoms with Crippen molar-refractivity contribution in [3.8, 4) is 5.75 Å². The van der Waals surface area contributed by atoms with Crippen molar-refractivity contribution in [1.29, 1.82) is 0 Å². The summed E-state index contributed by atoms with van der Waals surface area (Å²) in [6.07, 6.45) is 6.82. The van der Waals surface area contributed by atoms with Crippen LogP contribution < -0.4 is 10.5 Å². The maximum Gasteiger partial charge on any atom is 0.119 e. The number of hydrogen-bond donors (Lipinski definition) is 1. The molecule has 0 radical (unpaired) electrons. The number of rotatable bonds is 5. The third kappa shape index (κ3) is 3.74. The maximum absolute atomic E-state index is 5.81. The van der Waals surface area contributed by atoms with Gasteiger partial charge < -0.3 is 10.5 Å². The van der Waals surface area contributed by atoms with Gasteiger partial charge in [-0.1, -0.05) is 37.8 Å². The SMILES string of the molecule is CC(N)c1ccc(OCCC2CCCC2)cc1. The Bertz CT molecular complexity index is 325. The highest BCUT2D eigenvalue weighted by Crippen LogP contribution is 2.27. The van der Waals surface area contributed by atoms with Gasteiger partial charge in [0.2, 0.25) is 0 Å². The molecule has 17 heavy (non-hydrogen) atoms. The molecule has 1 aromatic carbocycles. The average Bonchev–Trinajstić information content (AvgIpc) is 2.83. The highest BCUT2D eigenvalue weighted by molar-refractivity contribution is 5.28. The Morgan fingerprint density at radius 3 is 2.47 bits per heavy atom. The van der Waals surface area contributed by atoms with Crippen LogP contribution in [0.25, 0.3) is 0 Å². The van der Waals surface area contributed by atoms with Gasteiger partial charge in [0.25, 0.3) is 0 Å². The van der Waals surface area contributed by atoms with Gasteiger partial charge in [-0.3, -0.25) is 0 Å². The van der Waals surface area contributed by atoms with Crippen LogP contribution in [0, 0.1) is 5.92 Å². The Balaban J connectivity index is 1.74. The Morgan fingerprint density at radius 2 is 1.88 bits per heavy atom. The van der Waals surface area contributed by atoms with Crippen LogP contribution in [0.4, 0.5) is 0 Å². The summed E-state index contributed by atoms with van der Waals surface area (Å²) in [5, 5.41) is 0. The van der Waals surface area contributed by atoms with Crippen molar-refractivity contribution in [1.82, 2.24) is 0 Å². The van der Waals surface area contributed by atoms with E-state index in [0.717, 1.165) is 23.8 Å². The van der Waals surface area contributed by atoms with E-state index in [4.69, 9.17) is 10.5 Å². The monoisotopic (exact) mass is 233 g/mol. The molecule has 1 fully saturated rings. The lowest BCUT2D eigenvalue weighted by atomic mass is 10.1. The first-order chi connectivity index (χ1) is 8.25. The fourth-order valence-electron chi connectivity index (χ4n) is 2.51. The summed E-state index contributed by atoms with van der Waals surface area (Å²) in [6.45, 7) is 2.85. The first-order valence-corrected chi connectivity index (χ1v) is 6.74. The molecule has 2 rings (SSSR count). The quantitative estimate of drug-likeness (QED) is 0.842. The largest absolute Gasteiger partial charge is 0.494 e. The van der Waals surface area contributed by atoms with Crippen molar-refractivity contribution in [2.45, 2.75) is 45.1 Å². The molecule has 1 aliphatic rings. The highest BCUT2D eigenvalue weighted by Gasteiger charge is 2.14. The first-order valence-electron chi connectivity index (χ1n) is 6.74. The van der Waals surface area contributed by atoms with Gasteiger partial charge >= 0.3 is 0 Å². The molecule has 1 saturated carbocycles. The van der Waals surface area contributed by atoms with E-state index < -0.39 is 0 Å². The summed E-state index contributed by atoms with van der Waals surface area (Å²) in [5.74, 6) is 1.87. The average molecular weight is 233 g/mol. The molecule has 0 amide bonds. The fourth-order valence-corrected chi connectivity index (χ4v) is 2.51. The summed E-state index contributed by atoms with van der Waals surface area (Å²) in [4.78, 5) is 0. The Morgan fingerprint density at radius 1 is 1.24 bits per heavy atom. The van der Waals surface area contributed by atoms with Gasteiger partial charge in [-0.05, 0) is 37.0 Å². The zero-order chi connectivity index (χ0) is 12.1. The smallest absolute Gasteiger partial charge is 0.119 e. The molecule has 0 bridgehead atoms. The van der Waals surface area contributed by atoms with E-state index in [2.05, 4.69) is 12.1 Å². The lowest BCUT2D eigenvalue weighted by Gasteiger charge is -2.11. The van der Waals surface area contributed by atoms with Crippen LogP contribution >= 0.6 is 0 Å². The molecule has 94 valence electrons. The standard InChI is InChI=1S/C15H23NO/c1-12(16)14-6-8-15(9-7-14)17-11-10-13-4-2-3-5-13/h6-9,12-13H,2-5,10-11,16H2,1H3. The molecule has 0 aliphatic heterocycles. The Hall–Kier alpha value is -1.02. The van der Waals surface area contributed by atoms with Crippen LogP contribution in [0.1, 0.15) is 50.6 Å². The molecule has 1 atom stereocenters. The number of hydrogen-bond acceptors (Lipinski definition) is 2. The number of ether oxygens (including phenoxy) is 1. The second-order valence-electron chi connectivity index (χ2n) is 5.15. The zero-order valence-corrected chi connectivity index (χ0v) is 10.7. The van der Waals surface area contributed by atoms with E-state index in [1.807, 2.05) is 19.1 Å². The van der Waals surface area contributed by atoms with Crippen molar-refractivity contribution in [3.63, 3.8) is 0 Å². The third-order valence-electron chi connectivity index (χ3n) is 3.68. The molecule has 2 heteroatoms. The van der Waals surface area contributed by atoms with Gasteiger partial charge in [-0.2, -0.15) is 0 Å². The molecular formula is C15H23NO. The second kappa shape index (κ2) is 6.06. The van der Waals surface area contributed by atoms with Crippen LogP contribution in [-0.4, -0.2) is 6.61 Å². The van der Waals surface area contributed by atoms with Gasteiger partial charge in [0.1, 0.15) is 5.75 Å². The fraction of sp³-hybridized carbons (Fsp3) is 0.600. The molecule has 2 N–H and O–H groups in total. The lowest BCUT2D eigenvalue weighted by molar-refractivity contribution is 0.279. The summed E-state index contributed by atoms with van der Waals surface area (Å²) >= 11 is 0. The van der Waals surface area contributed by atoms with E-state index in [9.17, 15) is 0 Å². The van der Waals surface area contributed by atoms with Crippen molar-refractivity contribution in [2.75, 3.05) is 6.61 Å². The van der Waals surface area contributed by atoms with Gasteiger partial charge in [0, 0.05) is 6.04 Å². The van der Waals surface area contributed by atoms with Crippen molar-refractivity contribution < 1.29 is 4.74 Å². The maximum atomic E-state index is 5.81. The van der Waals surface area contributed by atoms with Gasteiger partial charge in [-0.25, -0.2) is 0 Å². The predicted octanol–water partition coefficient (Wildman–Crippen LogP) is 3.67. The molecule has 0 heterocycles. The summed E-state index contributed by atoms with van der Waals surface area (Å²) in [5.41, 5.74) is 6.97. The minimum atomic E-state index is 0.0996. The Kier molecular flexibility index (Phi) is 4.43. The lowest BCUT2D eigenvalue weighted by Crippen LogP contribution is -2.06. The molecule has 1 aliphatic carbocycles. The molecular weight excluding hydrogens is 210 g/mol. The minimum absolute atomic E-state index is 0.0996. The molecule has 0 saturated heterocycles. The van der Waals surface area contributed by atoms with Gasteiger partial charge in [0.05, 0.1) is 6.61 Å². The zero-order valence-electron chi connectivity index (χ0n) is 10.7. The normalized spacial score (nSPS) is 18.2. The van der Waals surface area contributed by atoms with E-state index in [-0.39, 0.29) is 6.04 Å². The molecule has 0 spiro atoms. The summed E-state index contributed by atoms with van der Waals surface area (Å²) < 4.78 is 5.76. The Labute approximate surface area is 104 Å². The van der Waals surface area contributed by atoms with Gasteiger partial charge in [-0.15, -0.1) is 0 Å². The topological polar surface area (TPSA) is 35.2 Å². The molecule has 2 nitrogen and oxygen atoms in total. The van der Waals surface area contributed by atoms with Crippen LogP contribution in [0.2, 0.25) is 0 Å². The second-order valence-corrected chi connectivity index (χ2v) is 5.15. The summed E-state index contributed by atoms with van der Waals surface area (Å²) in [6, 6.07) is 8.24. The van der Waals surface area contributed by atoms with Gasteiger partial charge in [0.15, 0.2) is 0 Å². The van der Waals surface area contributed by atoms with Crippen LogP contribution in [-0.2, 0) is 0 Å². The third-order valence-corrected chi connectivity index (χ3v) is 3.68. The van der Waals surface area contributed by atoms with E-state index in [1.165, 1.54) is 32.1 Å². The van der Waals surface area contributed by atoms with E-state index in [1.54, 1.807) is 0 Å². The minimum Gasteiger partial charge on any atom is -0.494 e. The first kappa shape index (κ1) is 12.4. The number of benzene rings is 1. The molecule has 1 aromatic rings. The molecule has 0 aromatic heterocycles. The van der Waals surface area contributed by atoms with Crippen LogP contribution in [0.5, 0.6) is 5.75 Å². The highest BCUT2D eigenvalue weighted by atomic mass is 16.5. The van der Waals surface area contributed by atoms with Crippen molar-refractivity contribution >= 4 is 0 Å². The van der Waals surface area contributed by atoms with Crippen LogP contribution in [0.15, 0.2) is 24.3 Å². The van der Waals surface area contributed by atoms with E-state index in [0.29, 0.717) is 0 Å². The molecule has 1 unspecified atom stereocenters. The van der Waals surface area contributed by atoms with Crippen LogP contribution in [0.3, 0.4) is 0 Å². The van der Waals surface area contributed by atoms with Crippen molar-refractivity contribution in [3.05, 3.63) is 29.8 Å². The number of nitrogens with two attached hydrogens (primary N) is 1.